The fourth-order valence-electron chi connectivity index (χ4n) is 1.60. The van der Waals surface area contributed by atoms with Gasteiger partial charge in [0.25, 0.3) is 0 Å². The zero-order valence-electron chi connectivity index (χ0n) is 10.5. The van der Waals surface area contributed by atoms with Crippen LogP contribution in [-0.4, -0.2) is 30.9 Å². The number of hydrogen-bond acceptors (Lipinski definition) is 3. The predicted molar refractivity (Wildman–Crippen MR) is 70.4 cm³/mol. The summed E-state index contributed by atoms with van der Waals surface area (Å²) in [6.45, 7) is 3.73. The molecule has 5 heteroatoms. The molecule has 4 nitrogen and oxygen atoms in total. The van der Waals surface area contributed by atoms with E-state index < -0.39 is 10.0 Å². The standard InChI is InChI=1S/C13H17NO3S/c1-4-8-14(5-2)18(16,17)13-7-6-11(3)12(9-13)10-15/h1,6-7,9,15H,5,8,10H2,2-3H3. The monoisotopic (exact) mass is 267 g/mol. The Hall–Kier alpha value is -1.35. The summed E-state index contributed by atoms with van der Waals surface area (Å²) in [7, 11) is -3.58. The number of aliphatic hydroxyl groups is 1. The molecule has 98 valence electrons. The molecule has 1 aromatic rings. The van der Waals surface area contributed by atoms with Gasteiger partial charge >= 0.3 is 0 Å². The lowest BCUT2D eigenvalue weighted by Gasteiger charge is -2.18. The second-order valence-corrected chi connectivity index (χ2v) is 5.82. The molecule has 0 aliphatic carbocycles. The molecule has 0 fully saturated rings. The Morgan fingerprint density at radius 3 is 2.61 bits per heavy atom. The summed E-state index contributed by atoms with van der Waals surface area (Å²) >= 11 is 0. The summed E-state index contributed by atoms with van der Waals surface area (Å²) in [5, 5.41) is 9.17. The van der Waals surface area contributed by atoms with Crippen molar-refractivity contribution in [2.75, 3.05) is 13.1 Å². The van der Waals surface area contributed by atoms with E-state index in [0.717, 1.165) is 5.56 Å². The molecule has 1 N–H and O–H groups in total. The molecule has 0 saturated heterocycles. The van der Waals surface area contributed by atoms with Gasteiger partial charge in [-0.05, 0) is 30.2 Å². The van der Waals surface area contributed by atoms with Crippen LogP contribution < -0.4 is 0 Å². The first-order valence-corrected chi connectivity index (χ1v) is 7.05. The molecule has 0 aromatic heterocycles. The fourth-order valence-corrected chi connectivity index (χ4v) is 3.01. The number of benzene rings is 1. The molecule has 0 aliphatic heterocycles. The lowest BCUT2D eigenvalue weighted by atomic mass is 10.1. The van der Waals surface area contributed by atoms with E-state index in [-0.39, 0.29) is 18.0 Å². The van der Waals surface area contributed by atoms with Gasteiger partial charge in [-0.2, -0.15) is 4.31 Å². The van der Waals surface area contributed by atoms with E-state index in [1.807, 2.05) is 6.92 Å². The van der Waals surface area contributed by atoms with Crippen molar-refractivity contribution in [2.45, 2.75) is 25.3 Å². The third-order valence-corrected chi connectivity index (χ3v) is 4.67. The lowest BCUT2D eigenvalue weighted by Crippen LogP contribution is -2.31. The second kappa shape index (κ2) is 6.01. The molecular formula is C13H17NO3S. The second-order valence-electron chi connectivity index (χ2n) is 3.88. The van der Waals surface area contributed by atoms with Crippen molar-refractivity contribution in [3.8, 4) is 12.3 Å². The number of nitrogens with zero attached hydrogens (tertiary/aromatic N) is 1. The summed E-state index contributed by atoms with van der Waals surface area (Å²) in [6.07, 6.45) is 5.16. The molecule has 0 aliphatic rings. The van der Waals surface area contributed by atoms with E-state index in [0.29, 0.717) is 12.1 Å². The summed E-state index contributed by atoms with van der Waals surface area (Å²) in [5.74, 6) is 2.33. The summed E-state index contributed by atoms with van der Waals surface area (Å²) < 4.78 is 25.8. The molecule has 0 saturated carbocycles. The summed E-state index contributed by atoms with van der Waals surface area (Å²) in [4.78, 5) is 0.161. The van der Waals surface area contributed by atoms with Crippen molar-refractivity contribution >= 4 is 10.0 Å². The van der Waals surface area contributed by atoms with E-state index in [1.165, 1.54) is 16.4 Å². The Labute approximate surface area is 108 Å². The quantitative estimate of drug-likeness (QED) is 0.814. The molecule has 0 unspecified atom stereocenters. The first-order valence-electron chi connectivity index (χ1n) is 5.61. The molecule has 0 heterocycles. The summed E-state index contributed by atoms with van der Waals surface area (Å²) in [6, 6.07) is 4.70. The van der Waals surface area contributed by atoms with Crippen LogP contribution in [0.4, 0.5) is 0 Å². The normalized spacial score (nSPS) is 11.5. The van der Waals surface area contributed by atoms with Crippen LogP contribution in [0.5, 0.6) is 0 Å². The van der Waals surface area contributed by atoms with Gasteiger partial charge in [0.05, 0.1) is 18.0 Å². The van der Waals surface area contributed by atoms with Crippen LogP contribution in [0.1, 0.15) is 18.1 Å². The van der Waals surface area contributed by atoms with Crippen molar-refractivity contribution in [1.29, 1.82) is 0 Å². The predicted octanol–water partition coefficient (Wildman–Crippen LogP) is 1.13. The Bertz CT molecular complexity index is 558. The van der Waals surface area contributed by atoms with Gasteiger partial charge in [-0.15, -0.1) is 6.42 Å². The summed E-state index contributed by atoms with van der Waals surface area (Å²) in [5.41, 5.74) is 1.46. The average molecular weight is 267 g/mol. The SMILES string of the molecule is C#CCN(CC)S(=O)(=O)c1ccc(C)c(CO)c1. The van der Waals surface area contributed by atoms with Gasteiger partial charge in [0.1, 0.15) is 0 Å². The molecule has 0 spiro atoms. The Kier molecular flexibility index (Phi) is 4.91. The third kappa shape index (κ3) is 2.91. The minimum Gasteiger partial charge on any atom is -0.392 e. The molecule has 18 heavy (non-hydrogen) atoms. The minimum atomic E-state index is -3.58. The van der Waals surface area contributed by atoms with Gasteiger partial charge in [0.2, 0.25) is 10.0 Å². The van der Waals surface area contributed by atoms with Crippen LogP contribution in [0.25, 0.3) is 0 Å². The van der Waals surface area contributed by atoms with Gasteiger partial charge in [-0.3, -0.25) is 0 Å². The van der Waals surface area contributed by atoms with E-state index in [2.05, 4.69) is 5.92 Å². The highest BCUT2D eigenvalue weighted by atomic mass is 32.2. The van der Waals surface area contributed by atoms with Crippen LogP contribution in [0.3, 0.4) is 0 Å². The highest BCUT2D eigenvalue weighted by Gasteiger charge is 2.22. The van der Waals surface area contributed by atoms with E-state index in [9.17, 15) is 8.42 Å². The number of aliphatic hydroxyl groups excluding tert-OH is 1. The highest BCUT2D eigenvalue weighted by molar-refractivity contribution is 7.89. The van der Waals surface area contributed by atoms with Crippen molar-refractivity contribution in [1.82, 2.24) is 4.31 Å². The van der Waals surface area contributed by atoms with Gasteiger partial charge in [0.15, 0.2) is 0 Å². The van der Waals surface area contributed by atoms with Crippen molar-refractivity contribution < 1.29 is 13.5 Å². The Morgan fingerprint density at radius 1 is 1.44 bits per heavy atom. The average Bonchev–Trinajstić information content (AvgIpc) is 2.35. The topological polar surface area (TPSA) is 57.6 Å². The smallest absolute Gasteiger partial charge is 0.243 e. The van der Waals surface area contributed by atoms with Crippen molar-refractivity contribution in [3.63, 3.8) is 0 Å². The molecule has 0 amide bonds. The van der Waals surface area contributed by atoms with Crippen LogP contribution in [0, 0.1) is 19.3 Å². The molecule has 0 bridgehead atoms. The zero-order valence-corrected chi connectivity index (χ0v) is 11.4. The van der Waals surface area contributed by atoms with Gasteiger partial charge < -0.3 is 5.11 Å². The number of hydrogen-bond donors (Lipinski definition) is 1. The van der Waals surface area contributed by atoms with Crippen LogP contribution >= 0.6 is 0 Å². The van der Waals surface area contributed by atoms with E-state index >= 15 is 0 Å². The van der Waals surface area contributed by atoms with E-state index in [4.69, 9.17) is 11.5 Å². The van der Waals surface area contributed by atoms with Crippen molar-refractivity contribution in [2.24, 2.45) is 0 Å². The maximum absolute atomic E-state index is 12.3. The molecular weight excluding hydrogens is 250 g/mol. The van der Waals surface area contributed by atoms with Crippen molar-refractivity contribution in [3.05, 3.63) is 29.3 Å². The van der Waals surface area contributed by atoms with E-state index in [1.54, 1.807) is 13.0 Å². The number of sulfonamides is 1. The van der Waals surface area contributed by atoms with Gasteiger partial charge in [-0.1, -0.05) is 18.9 Å². The Balaban J connectivity index is 3.24. The maximum atomic E-state index is 12.3. The van der Waals surface area contributed by atoms with Crippen LogP contribution in [0.2, 0.25) is 0 Å². The number of aryl methyl sites for hydroxylation is 1. The maximum Gasteiger partial charge on any atom is 0.243 e. The Morgan fingerprint density at radius 2 is 2.11 bits per heavy atom. The number of rotatable bonds is 5. The molecule has 1 rings (SSSR count). The van der Waals surface area contributed by atoms with Crippen LogP contribution in [0.15, 0.2) is 23.1 Å². The number of terminal acetylenes is 1. The first-order chi connectivity index (χ1) is 8.47. The largest absolute Gasteiger partial charge is 0.392 e. The minimum absolute atomic E-state index is 0.0428. The van der Waals surface area contributed by atoms with Gasteiger partial charge in [-0.25, -0.2) is 8.42 Å². The molecule has 0 atom stereocenters. The van der Waals surface area contributed by atoms with Gasteiger partial charge in [0, 0.05) is 6.54 Å². The first kappa shape index (κ1) is 14.7. The third-order valence-electron chi connectivity index (χ3n) is 2.75. The molecule has 1 aromatic carbocycles. The fraction of sp³-hybridized carbons (Fsp3) is 0.385. The lowest BCUT2D eigenvalue weighted by molar-refractivity contribution is 0.280. The zero-order chi connectivity index (χ0) is 13.8. The highest BCUT2D eigenvalue weighted by Crippen LogP contribution is 2.19. The molecule has 0 radical (unpaired) electrons. The van der Waals surface area contributed by atoms with Crippen LogP contribution in [-0.2, 0) is 16.6 Å².